The van der Waals surface area contributed by atoms with Crippen LogP contribution in [0.3, 0.4) is 0 Å². The van der Waals surface area contributed by atoms with Crippen molar-refractivity contribution in [3.63, 3.8) is 0 Å². The van der Waals surface area contributed by atoms with Crippen molar-refractivity contribution in [2.45, 2.75) is 38.0 Å². The van der Waals surface area contributed by atoms with E-state index in [1.807, 2.05) is 13.8 Å². The normalized spacial score (nSPS) is 20.6. The molecule has 0 aliphatic heterocycles. The maximum Gasteiger partial charge on any atom is 0.214 e. The summed E-state index contributed by atoms with van der Waals surface area (Å²) in [5, 5.41) is 8.73. The van der Waals surface area contributed by atoms with Crippen LogP contribution in [0.15, 0.2) is 0 Å². The van der Waals surface area contributed by atoms with Crippen molar-refractivity contribution in [1.82, 2.24) is 4.72 Å². The molecule has 0 aromatic rings. The number of hydrogen-bond acceptors (Lipinski definition) is 3. The van der Waals surface area contributed by atoms with Crippen LogP contribution in [0.1, 0.15) is 26.7 Å². The Morgan fingerprint density at radius 2 is 2.00 bits per heavy atom. The van der Waals surface area contributed by atoms with Gasteiger partial charge in [-0.15, -0.1) is 0 Å². The number of sulfonamides is 1. The third-order valence-electron chi connectivity index (χ3n) is 2.28. The Morgan fingerprint density at radius 1 is 1.46 bits per heavy atom. The largest absolute Gasteiger partial charge is 0.395 e. The number of rotatable bonds is 5. The van der Waals surface area contributed by atoms with Crippen LogP contribution >= 0.6 is 0 Å². The van der Waals surface area contributed by atoms with E-state index in [9.17, 15) is 8.42 Å². The molecule has 0 radical (unpaired) electrons. The standard InChI is InChI=1S/C8H17NO3S/c1-6(2)8(5-10)9-13(11,12)7-3-4-7/h6-10H,3-5H2,1-2H3. The van der Waals surface area contributed by atoms with Gasteiger partial charge in [-0.3, -0.25) is 0 Å². The highest BCUT2D eigenvalue weighted by Crippen LogP contribution is 2.27. The summed E-state index contributed by atoms with van der Waals surface area (Å²) in [5.74, 6) is 0.124. The molecular weight excluding hydrogens is 190 g/mol. The molecule has 0 saturated heterocycles. The fraction of sp³-hybridized carbons (Fsp3) is 1.00. The van der Waals surface area contributed by atoms with Gasteiger partial charge < -0.3 is 5.11 Å². The van der Waals surface area contributed by atoms with Crippen molar-refractivity contribution in [3.8, 4) is 0 Å². The van der Waals surface area contributed by atoms with Crippen molar-refractivity contribution in [2.24, 2.45) is 5.92 Å². The van der Waals surface area contributed by atoms with Crippen LogP contribution in [0.4, 0.5) is 0 Å². The monoisotopic (exact) mass is 207 g/mol. The Bertz CT molecular complexity index is 257. The van der Waals surface area contributed by atoms with Gasteiger partial charge in [-0.1, -0.05) is 13.8 Å². The maximum absolute atomic E-state index is 11.4. The zero-order valence-corrected chi connectivity index (χ0v) is 8.84. The Balaban J connectivity index is 2.54. The van der Waals surface area contributed by atoms with Crippen LogP contribution in [0.25, 0.3) is 0 Å². The summed E-state index contributed by atoms with van der Waals surface area (Å²) in [4.78, 5) is 0. The maximum atomic E-state index is 11.4. The fourth-order valence-electron chi connectivity index (χ4n) is 1.07. The summed E-state index contributed by atoms with van der Waals surface area (Å²) in [6.45, 7) is 3.64. The fourth-order valence-corrected chi connectivity index (χ4v) is 2.79. The van der Waals surface area contributed by atoms with E-state index >= 15 is 0 Å². The van der Waals surface area contributed by atoms with Gasteiger partial charge in [0, 0.05) is 6.04 Å². The van der Waals surface area contributed by atoms with Gasteiger partial charge in [0.15, 0.2) is 0 Å². The van der Waals surface area contributed by atoms with Gasteiger partial charge in [0.05, 0.1) is 11.9 Å². The van der Waals surface area contributed by atoms with E-state index in [4.69, 9.17) is 5.11 Å². The molecule has 4 nitrogen and oxygen atoms in total. The SMILES string of the molecule is CC(C)C(CO)NS(=O)(=O)C1CC1. The molecule has 0 aromatic heterocycles. The first-order valence-electron chi connectivity index (χ1n) is 4.59. The third kappa shape index (κ3) is 2.93. The number of hydrogen-bond donors (Lipinski definition) is 2. The van der Waals surface area contributed by atoms with Gasteiger partial charge in [-0.05, 0) is 18.8 Å². The molecule has 5 heteroatoms. The average molecular weight is 207 g/mol. The summed E-state index contributed by atoms with van der Waals surface area (Å²) >= 11 is 0. The summed E-state index contributed by atoms with van der Waals surface area (Å²) < 4.78 is 25.4. The minimum Gasteiger partial charge on any atom is -0.395 e. The molecule has 0 heterocycles. The molecule has 13 heavy (non-hydrogen) atoms. The first-order valence-corrected chi connectivity index (χ1v) is 6.14. The summed E-state index contributed by atoms with van der Waals surface area (Å²) in [6, 6.07) is -0.342. The zero-order chi connectivity index (χ0) is 10.1. The molecule has 78 valence electrons. The average Bonchev–Trinajstić information content (AvgIpc) is 2.81. The highest BCUT2D eigenvalue weighted by molar-refractivity contribution is 7.90. The van der Waals surface area contributed by atoms with Crippen LogP contribution in [0, 0.1) is 5.92 Å². The summed E-state index contributed by atoms with van der Waals surface area (Å²) in [7, 11) is -3.15. The number of aliphatic hydroxyl groups is 1. The van der Waals surface area contributed by atoms with Crippen molar-refractivity contribution in [2.75, 3.05) is 6.61 Å². The third-order valence-corrected chi connectivity index (χ3v) is 4.26. The smallest absolute Gasteiger partial charge is 0.214 e. The van der Waals surface area contributed by atoms with Gasteiger partial charge >= 0.3 is 0 Å². The number of aliphatic hydroxyl groups excluding tert-OH is 1. The molecule has 1 rings (SSSR count). The molecule has 1 saturated carbocycles. The second kappa shape index (κ2) is 3.94. The summed E-state index contributed by atoms with van der Waals surface area (Å²) in [5.41, 5.74) is 0. The molecule has 1 unspecified atom stereocenters. The van der Waals surface area contributed by atoms with E-state index in [1.165, 1.54) is 0 Å². The lowest BCUT2D eigenvalue weighted by molar-refractivity contribution is 0.227. The summed E-state index contributed by atoms with van der Waals surface area (Å²) in [6.07, 6.45) is 1.51. The van der Waals surface area contributed by atoms with Gasteiger partial charge in [0.25, 0.3) is 0 Å². The number of nitrogens with one attached hydrogen (secondary N) is 1. The molecule has 2 N–H and O–H groups in total. The van der Waals surface area contributed by atoms with Crippen LogP contribution in [-0.2, 0) is 10.0 Å². The van der Waals surface area contributed by atoms with Crippen LogP contribution < -0.4 is 4.72 Å². The van der Waals surface area contributed by atoms with Crippen molar-refractivity contribution in [1.29, 1.82) is 0 Å². The lowest BCUT2D eigenvalue weighted by Gasteiger charge is -2.19. The van der Waals surface area contributed by atoms with Crippen LogP contribution in [0.5, 0.6) is 0 Å². The molecule has 1 aliphatic carbocycles. The van der Waals surface area contributed by atoms with Gasteiger partial charge in [0.2, 0.25) is 10.0 Å². The van der Waals surface area contributed by atoms with E-state index in [2.05, 4.69) is 4.72 Å². The quantitative estimate of drug-likeness (QED) is 0.671. The minimum absolute atomic E-state index is 0.124. The van der Waals surface area contributed by atoms with Gasteiger partial charge in [-0.25, -0.2) is 13.1 Å². The highest BCUT2D eigenvalue weighted by Gasteiger charge is 2.37. The Morgan fingerprint density at radius 3 is 2.31 bits per heavy atom. The predicted molar refractivity (Wildman–Crippen MR) is 50.8 cm³/mol. The van der Waals surface area contributed by atoms with Gasteiger partial charge in [-0.2, -0.15) is 0 Å². The zero-order valence-electron chi connectivity index (χ0n) is 8.03. The van der Waals surface area contributed by atoms with E-state index < -0.39 is 10.0 Å². The van der Waals surface area contributed by atoms with E-state index in [0.717, 1.165) is 12.8 Å². The van der Waals surface area contributed by atoms with E-state index in [-0.39, 0.29) is 23.8 Å². The predicted octanol–water partition coefficient (Wildman–Crippen LogP) is 0.0851. The van der Waals surface area contributed by atoms with Crippen molar-refractivity contribution < 1.29 is 13.5 Å². The minimum atomic E-state index is -3.15. The Kier molecular flexibility index (Phi) is 3.32. The molecule has 0 amide bonds. The molecule has 1 aliphatic rings. The first kappa shape index (κ1) is 10.9. The van der Waals surface area contributed by atoms with E-state index in [1.54, 1.807) is 0 Å². The molecule has 0 spiro atoms. The Labute approximate surface area is 79.4 Å². The molecule has 1 fully saturated rings. The molecule has 1 atom stereocenters. The van der Waals surface area contributed by atoms with Crippen LogP contribution in [0.2, 0.25) is 0 Å². The molecule has 0 aromatic carbocycles. The molecule has 0 bridgehead atoms. The van der Waals surface area contributed by atoms with Gasteiger partial charge in [0.1, 0.15) is 0 Å². The first-order chi connectivity index (χ1) is 5.97. The van der Waals surface area contributed by atoms with Crippen molar-refractivity contribution in [3.05, 3.63) is 0 Å². The lowest BCUT2D eigenvalue weighted by Crippen LogP contribution is -2.42. The van der Waals surface area contributed by atoms with Crippen LogP contribution in [-0.4, -0.2) is 31.4 Å². The topological polar surface area (TPSA) is 66.4 Å². The molecular formula is C8H17NO3S. The Hall–Kier alpha value is -0.130. The van der Waals surface area contributed by atoms with Crippen molar-refractivity contribution >= 4 is 10.0 Å². The van der Waals surface area contributed by atoms with E-state index in [0.29, 0.717) is 0 Å². The lowest BCUT2D eigenvalue weighted by atomic mass is 10.1. The highest BCUT2D eigenvalue weighted by atomic mass is 32.2. The second-order valence-electron chi connectivity index (χ2n) is 3.90. The second-order valence-corrected chi connectivity index (χ2v) is 5.89.